The van der Waals surface area contributed by atoms with Crippen LogP contribution < -0.4 is 10.6 Å². The van der Waals surface area contributed by atoms with E-state index < -0.39 is 0 Å². The minimum absolute atomic E-state index is 0.000881. The lowest BCUT2D eigenvalue weighted by molar-refractivity contribution is -0.127. The topological polar surface area (TPSA) is 66.0 Å². The van der Waals surface area contributed by atoms with Crippen LogP contribution in [0.1, 0.15) is 33.1 Å². The number of ether oxygens (including phenoxy) is 1. The fourth-order valence-electron chi connectivity index (χ4n) is 2.66. The van der Waals surface area contributed by atoms with E-state index in [2.05, 4.69) is 29.5 Å². The summed E-state index contributed by atoms with van der Waals surface area (Å²) < 4.78 is 5.83. The highest BCUT2D eigenvalue weighted by molar-refractivity contribution is 5.85. The van der Waals surface area contributed by atoms with Gasteiger partial charge in [-0.2, -0.15) is 0 Å². The van der Waals surface area contributed by atoms with Crippen LogP contribution in [0.4, 0.5) is 0 Å². The van der Waals surface area contributed by atoms with Gasteiger partial charge in [0.25, 0.3) is 0 Å². The number of hydrogen-bond donors (Lipinski definition) is 2. The fraction of sp³-hybridized carbons (Fsp3) is 0.857. The molecule has 0 aromatic heterocycles. The summed E-state index contributed by atoms with van der Waals surface area (Å²) in [5.74, 6) is 0.704. The van der Waals surface area contributed by atoms with Gasteiger partial charge in [0, 0.05) is 20.1 Å². The molecule has 3 atom stereocenters. The third-order valence-electron chi connectivity index (χ3n) is 3.72. The molecule has 0 aromatic carbocycles. The molecule has 2 fully saturated rings. The zero-order valence-corrected chi connectivity index (χ0v) is 12.8. The van der Waals surface area contributed by atoms with Crippen LogP contribution in [0.3, 0.4) is 0 Å². The van der Waals surface area contributed by atoms with E-state index in [0.29, 0.717) is 24.2 Å². The quantitative estimate of drug-likeness (QED) is 0.576. The van der Waals surface area contributed by atoms with E-state index in [1.807, 2.05) is 0 Å². The number of carbonyl (C=O) groups excluding carboxylic acids is 1. The Balaban J connectivity index is 1.93. The largest absolute Gasteiger partial charge is 0.373 e. The summed E-state index contributed by atoms with van der Waals surface area (Å²) >= 11 is 0. The van der Waals surface area contributed by atoms with Crippen LogP contribution in [-0.2, 0) is 9.53 Å². The molecular formula is C14H26N4O2. The predicted octanol–water partition coefficient (Wildman–Crippen LogP) is 0.338. The minimum atomic E-state index is -0.000881. The van der Waals surface area contributed by atoms with Gasteiger partial charge in [0.15, 0.2) is 5.96 Å². The molecule has 2 N–H and O–H groups in total. The first-order valence-electron chi connectivity index (χ1n) is 7.39. The summed E-state index contributed by atoms with van der Waals surface area (Å²) in [6, 6.07) is 0.587. The predicted molar refractivity (Wildman–Crippen MR) is 78.7 cm³/mol. The van der Waals surface area contributed by atoms with Crippen molar-refractivity contribution in [2.24, 2.45) is 4.99 Å². The molecule has 2 heterocycles. The monoisotopic (exact) mass is 282 g/mol. The number of amides is 1. The molecule has 0 aromatic rings. The Morgan fingerprint density at radius 1 is 1.40 bits per heavy atom. The van der Waals surface area contributed by atoms with Crippen molar-refractivity contribution in [2.45, 2.75) is 57.4 Å². The highest BCUT2D eigenvalue weighted by atomic mass is 16.5. The molecule has 0 radical (unpaired) electrons. The van der Waals surface area contributed by atoms with Crippen molar-refractivity contribution in [1.29, 1.82) is 0 Å². The number of nitrogens with one attached hydrogen (secondary N) is 2. The first-order valence-corrected chi connectivity index (χ1v) is 7.39. The van der Waals surface area contributed by atoms with Gasteiger partial charge in [-0.05, 0) is 33.1 Å². The maximum absolute atomic E-state index is 11.6. The Morgan fingerprint density at radius 3 is 2.65 bits per heavy atom. The Bertz CT molecular complexity index is 381. The summed E-state index contributed by atoms with van der Waals surface area (Å²) in [6.07, 6.45) is 4.02. The van der Waals surface area contributed by atoms with Crippen LogP contribution in [0.25, 0.3) is 0 Å². The van der Waals surface area contributed by atoms with Crippen molar-refractivity contribution >= 4 is 11.9 Å². The summed E-state index contributed by atoms with van der Waals surface area (Å²) in [5.41, 5.74) is 0. The standard InChI is InChI=1S/C14H26N4O2/c1-9(2)16-14(15-8-13(19)18(3)4)17-11-7-10-5-6-12(11)20-10/h9-12H,5-8H2,1-4H3,(H2,15,16,17). The summed E-state index contributed by atoms with van der Waals surface area (Å²) in [5, 5.41) is 6.69. The Labute approximate surface area is 121 Å². The van der Waals surface area contributed by atoms with E-state index in [0.717, 1.165) is 12.8 Å². The summed E-state index contributed by atoms with van der Waals surface area (Å²) in [4.78, 5) is 17.6. The van der Waals surface area contributed by atoms with Gasteiger partial charge in [-0.15, -0.1) is 0 Å². The van der Waals surface area contributed by atoms with Gasteiger partial charge in [0.05, 0.1) is 18.2 Å². The summed E-state index contributed by atoms with van der Waals surface area (Å²) in [7, 11) is 3.48. The lowest BCUT2D eigenvalue weighted by atomic mass is 9.96. The second-order valence-electron chi connectivity index (χ2n) is 6.11. The lowest BCUT2D eigenvalue weighted by Gasteiger charge is -2.24. The van der Waals surface area contributed by atoms with Crippen molar-refractivity contribution < 1.29 is 9.53 Å². The van der Waals surface area contributed by atoms with Crippen LogP contribution in [0.5, 0.6) is 0 Å². The lowest BCUT2D eigenvalue weighted by Crippen LogP contribution is -2.49. The molecular weight excluding hydrogens is 256 g/mol. The van der Waals surface area contributed by atoms with Gasteiger partial charge in [-0.3, -0.25) is 4.79 Å². The van der Waals surface area contributed by atoms with Crippen LogP contribution in [0.15, 0.2) is 4.99 Å². The zero-order chi connectivity index (χ0) is 14.7. The van der Waals surface area contributed by atoms with Gasteiger partial charge in [-0.1, -0.05) is 0 Å². The van der Waals surface area contributed by atoms with Gasteiger partial charge >= 0.3 is 0 Å². The third kappa shape index (κ3) is 3.85. The van der Waals surface area contributed by atoms with E-state index in [9.17, 15) is 4.79 Å². The number of carbonyl (C=O) groups is 1. The third-order valence-corrected chi connectivity index (χ3v) is 3.72. The molecule has 0 saturated carbocycles. The number of fused-ring (bicyclic) bond motifs is 2. The molecule has 3 unspecified atom stereocenters. The number of rotatable bonds is 4. The minimum Gasteiger partial charge on any atom is -0.373 e. The van der Waals surface area contributed by atoms with Crippen LogP contribution in [-0.4, -0.2) is 61.7 Å². The Kier molecular flexibility index (Phi) is 4.86. The average Bonchev–Trinajstić information content (AvgIpc) is 2.96. The zero-order valence-electron chi connectivity index (χ0n) is 12.8. The number of nitrogens with zero attached hydrogens (tertiary/aromatic N) is 2. The van der Waals surface area contributed by atoms with Crippen LogP contribution >= 0.6 is 0 Å². The van der Waals surface area contributed by atoms with Crippen molar-refractivity contribution in [3.8, 4) is 0 Å². The maximum atomic E-state index is 11.6. The normalized spacial score (nSPS) is 28.9. The van der Waals surface area contributed by atoms with E-state index in [-0.39, 0.29) is 18.5 Å². The molecule has 0 spiro atoms. The molecule has 6 nitrogen and oxygen atoms in total. The van der Waals surface area contributed by atoms with Crippen LogP contribution in [0.2, 0.25) is 0 Å². The first-order chi connectivity index (χ1) is 9.45. The second kappa shape index (κ2) is 6.43. The number of likely N-dealkylation sites (N-methyl/N-ethyl adjacent to an activating group) is 1. The first kappa shape index (κ1) is 15.1. The maximum Gasteiger partial charge on any atom is 0.243 e. The van der Waals surface area contributed by atoms with Crippen LogP contribution in [0, 0.1) is 0 Å². The van der Waals surface area contributed by atoms with Crippen molar-refractivity contribution in [2.75, 3.05) is 20.6 Å². The fourth-order valence-corrected chi connectivity index (χ4v) is 2.66. The van der Waals surface area contributed by atoms with E-state index in [1.165, 1.54) is 6.42 Å². The van der Waals surface area contributed by atoms with Crippen molar-refractivity contribution in [3.05, 3.63) is 0 Å². The Morgan fingerprint density at radius 2 is 2.15 bits per heavy atom. The van der Waals surface area contributed by atoms with E-state index >= 15 is 0 Å². The van der Waals surface area contributed by atoms with Crippen molar-refractivity contribution in [1.82, 2.24) is 15.5 Å². The second-order valence-corrected chi connectivity index (χ2v) is 6.11. The molecule has 2 bridgehead atoms. The Hall–Kier alpha value is -1.30. The average molecular weight is 282 g/mol. The van der Waals surface area contributed by atoms with Gasteiger partial charge in [0.1, 0.15) is 6.54 Å². The number of guanidine groups is 1. The molecule has 2 aliphatic rings. The molecule has 114 valence electrons. The smallest absolute Gasteiger partial charge is 0.243 e. The molecule has 6 heteroatoms. The molecule has 2 aliphatic heterocycles. The molecule has 1 amide bonds. The van der Waals surface area contributed by atoms with Gasteiger partial charge in [-0.25, -0.2) is 4.99 Å². The molecule has 0 aliphatic carbocycles. The number of aliphatic imine (C=N–C) groups is 1. The van der Waals surface area contributed by atoms with Crippen molar-refractivity contribution in [3.63, 3.8) is 0 Å². The summed E-state index contributed by atoms with van der Waals surface area (Å²) in [6.45, 7) is 4.28. The van der Waals surface area contributed by atoms with Gasteiger partial charge < -0.3 is 20.3 Å². The number of hydrogen-bond acceptors (Lipinski definition) is 3. The molecule has 20 heavy (non-hydrogen) atoms. The highest BCUT2D eigenvalue weighted by Crippen LogP contribution is 2.34. The SMILES string of the molecule is CC(C)NC(=NCC(=O)N(C)C)NC1CC2CCC1O2. The molecule has 2 saturated heterocycles. The van der Waals surface area contributed by atoms with E-state index in [1.54, 1.807) is 19.0 Å². The highest BCUT2D eigenvalue weighted by Gasteiger charge is 2.41. The molecule has 2 rings (SSSR count). The van der Waals surface area contributed by atoms with Gasteiger partial charge in [0.2, 0.25) is 5.91 Å². The van der Waals surface area contributed by atoms with E-state index in [4.69, 9.17) is 4.74 Å².